The van der Waals surface area contributed by atoms with Crippen LogP contribution in [0.15, 0.2) is 24.3 Å². The smallest absolute Gasteiger partial charge is 0.249 e. The average molecular weight is 848 g/mol. The summed E-state index contributed by atoms with van der Waals surface area (Å²) >= 11 is 0. The number of nitrogens with one attached hydrogen (secondary N) is 1. The van der Waals surface area contributed by atoms with E-state index in [1.807, 2.05) is 0 Å². The quantitative estimate of drug-likeness (QED) is 0.0309. The third kappa shape index (κ3) is 42.1. The van der Waals surface area contributed by atoms with Crippen molar-refractivity contribution in [3.8, 4) is 0 Å². The number of carbonyl (C=O) groups is 1. The molecular formula is C54H105NO5. The first-order chi connectivity index (χ1) is 29.5. The lowest BCUT2D eigenvalue weighted by Gasteiger charge is -2.27. The van der Waals surface area contributed by atoms with Crippen molar-refractivity contribution < 1.29 is 25.2 Å². The first-order valence-corrected chi connectivity index (χ1v) is 26.7. The van der Waals surface area contributed by atoms with Crippen LogP contribution in [-0.2, 0) is 4.79 Å². The molecule has 6 nitrogen and oxygen atoms in total. The van der Waals surface area contributed by atoms with Crippen molar-refractivity contribution in [1.82, 2.24) is 5.32 Å². The van der Waals surface area contributed by atoms with Gasteiger partial charge in [0.15, 0.2) is 0 Å². The van der Waals surface area contributed by atoms with E-state index in [4.69, 9.17) is 0 Å². The van der Waals surface area contributed by atoms with Gasteiger partial charge in [-0.05, 0) is 64.2 Å². The number of rotatable bonds is 49. The van der Waals surface area contributed by atoms with Crippen LogP contribution in [0.1, 0.15) is 284 Å². The molecule has 4 atom stereocenters. The molecule has 0 fully saturated rings. The minimum atomic E-state index is -1.28. The topological polar surface area (TPSA) is 110 Å². The van der Waals surface area contributed by atoms with Crippen LogP contribution in [0.3, 0.4) is 0 Å². The van der Waals surface area contributed by atoms with Crippen molar-refractivity contribution >= 4 is 5.91 Å². The number of carbonyl (C=O) groups excluding carboxylic acids is 1. The maximum Gasteiger partial charge on any atom is 0.249 e. The monoisotopic (exact) mass is 848 g/mol. The molecule has 0 spiro atoms. The predicted octanol–water partition coefficient (Wildman–Crippen LogP) is 15.1. The summed E-state index contributed by atoms with van der Waals surface area (Å²) < 4.78 is 0. The third-order valence-electron chi connectivity index (χ3n) is 12.6. The molecule has 6 heteroatoms. The summed E-state index contributed by atoms with van der Waals surface area (Å²) in [6, 6.07) is -1.00. The van der Waals surface area contributed by atoms with Crippen molar-refractivity contribution in [2.45, 2.75) is 308 Å². The number of aliphatic hydroxyl groups excluding tert-OH is 4. The standard InChI is InChI=1S/C54H105NO5/c1-3-5-7-9-11-13-15-17-19-20-21-22-23-24-25-26-27-28-29-30-31-32-34-36-38-40-42-44-46-48-52(58)54(60)55-50(49-56)53(59)51(57)47-45-43-41-39-37-35-33-18-16-14-12-10-8-6-4-2/h24-25,39,41,50-53,56-59H,3-23,26-38,40,42-49H2,1-2H3,(H,55,60)/b25-24-,41-39+. The fourth-order valence-corrected chi connectivity index (χ4v) is 8.40. The molecule has 0 bridgehead atoms. The molecule has 0 radical (unpaired) electrons. The van der Waals surface area contributed by atoms with Gasteiger partial charge in [0, 0.05) is 0 Å². The summed E-state index contributed by atoms with van der Waals surface area (Å²) in [7, 11) is 0. The lowest BCUT2D eigenvalue weighted by molar-refractivity contribution is -0.132. The molecule has 356 valence electrons. The number of hydrogen-bond acceptors (Lipinski definition) is 5. The lowest BCUT2D eigenvalue weighted by Crippen LogP contribution is -2.53. The molecule has 0 aliphatic rings. The Bertz CT molecular complexity index is 909. The van der Waals surface area contributed by atoms with E-state index in [1.165, 1.54) is 218 Å². The van der Waals surface area contributed by atoms with Gasteiger partial charge in [0.2, 0.25) is 5.91 Å². The Kier molecular flexibility index (Phi) is 47.8. The van der Waals surface area contributed by atoms with Crippen LogP contribution < -0.4 is 5.32 Å². The largest absolute Gasteiger partial charge is 0.394 e. The molecule has 0 saturated carbocycles. The van der Waals surface area contributed by atoms with E-state index in [2.05, 4.69) is 43.5 Å². The van der Waals surface area contributed by atoms with Crippen molar-refractivity contribution in [2.75, 3.05) is 6.61 Å². The molecule has 5 N–H and O–H groups in total. The van der Waals surface area contributed by atoms with Crippen molar-refractivity contribution in [3.05, 3.63) is 24.3 Å². The summed E-state index contributed by atoms with van der Waals surface area (Å²) in [5.41, 5.74) is 0. The third-order valence-corrected chi connectivity index (χ3v) is 12.6. The Balaban J connectivity index is 3.62. The number of amides is 1. The van der Waals surface area contributed by atoms with Crippen LogP contribution in [0, 0.1) is 0 Å². The zero-order chi connectivity index (χ0) is 43.8. The van der Waals surface area contributed by atoms with Gasteiger partial charge in [-0.3, -0.25) is 4.79 Å². The first-order valence-electron chi connectivity index (χ1n) is 26.7. The first kappa shape index (κ1) is 58.8. The molecule has 0 aromatic rings. The summed E-state index contributed by atoms with van der Waals surface area (Å²) in [6.45, 7) is 4.06. The Hall–Kier alpha value is -1.21. The van der Waals surface area contributed by atoms with Gasteiger partial charge in [0.05, 0.1) is 18.8 Å². The van der Waals surface area contributed by atoms with Crippen LogP contribution in [0.2, 0.25) is 0 Å². The minimum absolute atomic E-state index is 0.365. The van der Waals surface area contributed by atoms with Gasteiger partial charge in [-0.2, -0.15) is 0 Å². The molecule has 0 heterocycles. The van der Waals surface area contributed by atoms with Gasteiger partial charge < -0.3 is 25.7 Å². The normalized spacial score (nSPS) is 14.0. The summed E-state index contributed by atoms with van der Waals surface area (Å²) in [6.07, 6.45) is 58.2. The summed E-state index contributed by atoms with van der Waals surface area (Å²) in [5, 5.41) is 43.8. The highest BCUT2D eigenvalue weighted by Gasteiger charge is 2.28. The number of hydrogen-bond donors (Lipinski definition) is 5. The van der Waals surface area contributed by atoms with Crippen molar-refractivity contribution in [2.24, 2.45) is 0 Å². The van der Waals surface area contributed by atoms with E-state index in [0.717, 1.165) is 38.5 Å². The highest BCUT2D eigenvalue weighted by Crippen LogP contribution is 2.17. The highest BCUT2D eigenvalue weighted by atomic mass is 16.3. The van der Waals surface area contributed by atoms with E-state index < -0.39 is 36.9 Å². The van der Waals surface area contributed by atoms with E-state index in [0.29, 0.717) is 12.8 Å². The maximum absolute atomic E-state index is 12.6. The molecular weight excluding hydrogens is 743 g/mol. The molecule has 0 rings (SSSR count). The molecule has 0 aromatic carbocycles. The second-order valence-electron chi connectivity index (χ2n) is 18.6. The van der Waals surface area contributed by atoms with Crippen LogP contribution in [-0.4, -0.2) is 57.3 Å². The number of unbranched alkanes of at least 4 members (excludes halogenated alkanes) is 36. The maximum atomic E-state index is 12.6. The van der Waals surface area contributed by atoms with E-state index >= 15 is 0 Å². The summed E-state index contributed by atoms with van der Waals surface area (Å²) in [5.74, 6) is -0.590. The van der Waals surface area contributed by atoms with Crippen LogP contribution in [0.25, 0.3) is 0 Å². The van der Waals surface area contributed by atoms with E-state index in [9.17, 15) is 25.2 Å². The van der Waals surface area contributed by atoms with E-state index in [1.54, 1.807) is 0 Å². The Morgan fingerprint density at radius 3 is 1.00 bits per heavy atom. The van der Waals surface area contributed by atoms with E-state index in [-0.39, 0.29) is 0 Å². The van der Waals surface area contributed by atoms with Crippen molar-refractivity contribution in [1.29, 1.82) is 0 Å². The SMILES string of the molecule is CCCCCCCCCCCC/C=C/CCCC(O)C(O)C(CO)NC(=O)C(O)CCCCCCCCCCCCCCC/C=C\CCCCCCCCCCCCCC. The fourth-order valence-electron chi connectivity index (χ4n) is 8.40. The van der Waals surface area contributed by atoms with Gasteiger partial charge in [-0.25, -0.2) is 0 Å². The highest BCUT2D eigenvalue weighted by molar-refractivity contribution is 5.80. The summed E-state index contributed by atoms with van der Waals surface area (Å²) in [4.78, 5) is 12.6. The predicted molar refractivity (Wildman–Crippen MR) is 261 cm³/mol. The zero-order valence-electron chi connectivity index (χ0n) is 40.2. The fraction of sp³-hybridized carbons (Fsp3) is 0.907. The molecule has 0 aliphatic heterocycles. The molecule has 1 amide bonds. The molecule has 4 unspecified atom stereocenters. The van der Waals surface area contributed by atoms with Crippen LogP contribution >= 0.6 is 0 Å². The lowest BCUT2D eigenvalue weighted by atomic mass is 10.00. The molecule has 0 aromatic heterocycles. The van der Waals surface area contributed by atoms with Crippen LogP contribution in [0.5, 0.6) is 0 Å². The minimum Gasteiger partial charge on any atom is -0.394 e. The second-order valence-corrected chi connectivity index (χ2v) is 18.6. The van der Waals surface area contributed by atoms with Gasteiger partial charge in [0.25, 0.3) is 0 Å². The van der Waals surface area contributed by atoms with Crippen molar-refractivity contribution in [3.63, 3.8) is 0 Å². The Morgan fingerprint density at radius 2 is 0.683 bits per heavy atom. The van der Waals surface area contributed by atoms with Gasteiger partial charge in [-0.15, -0.1) is 0 Å². The Labute approximate surface area is 374 Å². The van der Waals surface area contributed by atoms with Gasteiger partial charge >= 0.3 is 0 Å². The molecule has 0 saturated heterocycles. The van der Waals surface area contributed by atoms with Gasteiger partial charge in [-0.1, -0.05) is 244 Å². The molecule has 0 aliphatic carbocycles. The second kappa shape index (κ2) is 48.8. The molecule has 60 heavy (non-hydrogen) atoms. The Morgan fingerprint density at radius 1 is 0.400 bits per heavy atom. The number of allylic oxidation sites excluding steroid dienone is 4. The number of aliphatic hydroxyl groups is 4. The van der Waals surface area contributed by atoms with Crippen LogP contribution in [0.4, 0.5) is 0 Å². The van der Waals surface area contributed by atoms with Gasteiger partial charge in [0.1, 0.15) is 12.2 Å². The average Bonchev–Trinajstić information content (AvgIpc) is 3.25. The zero-order valence-corrected chi connectivity index (χ0v) is 40.2.